The maximum atomic E-state index is 12.8. The smallest absolute Gasteiger partial charge is 0.230 e. The van der Waals surface area contributed by atoms with Crippen molar-refractivity contribution in [2.24, 2.45) is 0 Å². The van der Waals surface area contributed by atoms with E-state index in [1.54, 1.807) is 46.6 Å². The lowest BCUT2D eigenvalue weighted by Crippen LogP contribution is -2.27. The molecule has 0 fully saturated rings. The predicted molar refractivity (Wildman–Crippen MR) is 105 cm³/mol. The number of benzene rings is 1. The van der Waals surface area contributed by atoms with Crippen LogP contribution in [0.15, 0.2) is 46.5 Å². The van der Waals surface area contributed by atoms with Gasteiger partial charge in [0.1, 0.15) is 10.8 Å². The average Bonchev–Trinajstić information content (AvgIpc) is 3.28. The standard InChI is InChI=1S/C18H17FN2OS3/c19-15-3-1-13(2-4-15)5-7-20-17(22)12-24-10-16-11-25-18(21-16)14-6-8-23-9-14/h1-4,6,8-9,11H,5,7,10,12H2,(H,20,22). The highest BCUT2D eigenvalue weighted by Crippen LogP contribution is 2.27. The monoisotopic (exact) mass is 392 g/mol. The molecule has 7 heteroatoms. The number of nitrogens with zero attached hydrogens (tertiary/aromatic N) is 1. The highest BCUT2D eigenvalue weighted by atomic mass is 32.2. The predicted octanol–water partition coefficient (Wildman–Crippen LogP) is 4.60. The second-order valence-corrected chi connectivity index (χ2v) is 8.00. The van der Waals surface area contributed by atoms with E-state index in [-0.39, 0.29) is 11.7 Å². The number of thiophene rings is 1. The topological polar surface area (TPSA) is 42.0 Å². The second-order valence-electron chi connectivity index (χ2n) is 5.38. The molecule has 3 aromatic rings. The third-order valence-electron chi connectivity index (χ3n) is 3.45. The molecule has 0 aliphatic rings. The fourth-order valence-electron chi connectivity index (χ4n) is 2.19. The Bertz CT molecular complexity index is 800. The lowest BCUT2D eigenvalue weighted by molar-refractivity contribution is -0.118. The number of thiazole rings is 1. The molecule has 0 bridgehead atoms. The van der Waals surface area contributed by atoms with Crippen molar-refractivity contribution in [3.8, 4) is 10.6 Å². The van der Waals surface area contributed by atoms with Crippen molar-refractivity contribution in [1.82, 2.24) is 10.3 Å². The Morgan fingerprint density at radius 1 is 1.20 bits per heavy atom. The Hall–Kier alpha value is -1.70. The van der Waals surface area contributed by atoms with E-state index in [1.807, 2.05) is 10.8 Å². The first-order valence-electron chi connectivity index (χ1n) is 7.76. The summed E-state index contributed by atoms with van der Waals surface area (Å²) in [4.78, 5) is 16.5. The van der Waals surface area contributed by atoms with Crippen molar-refractivity contribution in [3.63, 3.8) is 0 Å². The number of hydrogen-bond donors (Lipinski definition) is 1. The second kappa shape index (κ2) is 9.12. The molecule has 0 radical (unpaired) electrons. The Morgan fingerprint density at radius 2 is 2.04 bits per heavy atom. The maximum absolute atomic E-state index is 12.8. The Kier molecular flexibility index (Phi) is 6.61. The van der Waals surface area contributed by atoms with Crippen molar-refractivity contribution in [2.75, 3.05) is 12.3 Å². The number of thioether (sulfide) groups is 1. The van der Waals surface area contributed by atoms with Crippen LogP contribution in [0, 0.1) is 5.82 Å². The van der Waals surface area contributed by atoms with Gasteiger partial charge in [0.25, 0.3) is 0 Å². The van der Waals surface area contributed by atoms with Gasteiger partial charge in [-0.2, -0.15) is 11.3 Å². The summed E-state index contributed by atoms with van der Waals surface area (Å²) in [7, 11) is 0. The van der Waals surface area contributed by atoms with Gasteiger partial charge in [0.2, 0.25) is 5.91 Å². The lowest BCUT2D eigenvalue weighted by atomic mass is 10.1. The summed E-state index contributed by atoms with van der Waals surface area (Å²) in [6.45, 7) is 0.560. The summed E-state index contributed by atoms with van der Waals surface area (Å²) in [6, 6.07) is 8.42. The van der Waals surface area contributed by atoms with Crippen molar-refractivity contribution < 1.29 is 9.18 Å². The molecule has 3 rings (SSSR count). The molecule has 0 aliphatic carbocycles. The van der Waals surface area contributed by atoms with E-state index in [2.05, 4.69) is 21.7 Å². The quantitative estimate of drug-likeness (QED) is 0.609. The minimum absolute atomic E-state index is 0.0143. The van der Waals surface area contributed by atoms with Gasteiger partial charge in [0.05, 0.1) is 11.4 Å². The summed E-state index contributed by atoms with van der Waals surface area (Å²) in [6.07, 6.45) is 0.701. The van der Waals surface area contributed by atoms with E-state index in [0.717, 1.165) is 27.6 Å². The number of carbonyl (C=O) groups excluding carboxylic acids is 1. The molecule has 0 spiro atoms. The molecule has 1 amide bonds. The minimum Gasteiger partial charge on any atom is -0.355 e. The van der Waals surface area contributed by atoms with Crippen LogP contribution in [0.4, 0.5) is 4.39 Å². The number of amides is 1. The third-order valence-corrected chi connectivity index (χ3v) is 6.04. The summed E-state index contributed by atoms with van der Waals surface area (Å²) in [5.41, 5.74) is 3.18. The Morgan fingerprint density at radius 3 is 2.80 bits per heavy atom. The van der Waals surface area contributed by atoms with Crippen LogP contribution in [-0.4, -0.2) is 23.2 Å². The van der Waals surface area contributed by atoms with Gasteiger partial charge in [-0.1, -0.05) is 12.1 Å². The summed E-state index contributed by atoms with van der Waals surface area (Å²) in [5, 5.41) is 10.1. The zero-order chi connectivity index (χ0) is 17.5. The van der Waals surface area contributed by atoms with E-state index >= 15 is 0 Å². The fourth-order valence-corrected chi connectivity index (χ4v) is 4.57. The Balaban J connectivity index is 1.34. The molecular weight excluding hydrogens is 375 g/mol. The van der Waals surface area contributed by atoms with Crippen molar-refractivity contribution in [3.05, 3.63) is 63.5 Å². The first-order valence-corrected chi connectivity index (χ1v) is 10.7. The molecule has 0 saturated heterocycles. The molecule has 1 N–H and O–H groups in total. The molecule has 1 aromatic carbocycles. The third kappa shape index (κ3) is 5.66. The molecule has 130 valence electrons. The van der Waals surface area contributed by atoms with E-state index in [0.29, 0.717) is 18.7 Å². The van der Waals surface area contributed by atoms with Crippen LogP contribution < -0.4 is 5.32 Å². The average molecular weight is 393 g/mol. The normalized spacial score (nSPS) is 10.8. The molecular formula is C18H17FN2OS3. The van der Waals surface area contributed by atoms with Gasteiger partial charge in [0, 0.05) is 28.6 Å². The summed E-state index contributed by atoms with van der Waals surface area (Å²) in [5.74, 6) is 0.912. The zero-order valence-corrected chi connectivity index (χ0v) is 15.9. The molecule has 0 aliphatic heterocycles. The maximum Gasteiger partial charge on any atom is 0.230 e. The van der Waals surface area contributed by atoms with E-state index in [9.17, 15) is 9.18 Å². The highest BCUT2D eigenvalue weighted by molar-refractivity contribution is 7.99. The van der Waals surface area contributed by atoms with Crippen LogP contribution in [-0.2, 0) is 17.0 Å². The molecule has 2 heterocycles. The number of aromatic nitrogens is 1. The van der Waals surface area contributed by atoms with Crippen molar-refractivity contribution >= 4 is 40.3 Å². The van der Waals surface area contributed by atoms with Gasteiger partial charge in [0.15, 0.2) is 0 Å². The van der Waals surface area contributed by atoms with E-state index in [4.69, 9.17) is 0 Å². The number of halogens is 1. The van der Waals surface area contributed by atoms with Crippen LogP contribution in [0.3, 0.4) is 0 Å². The van der Waals surface area contributed by atoms with Crippen LogP contribution in [0.2, 0.25) is 0 Å². The number of carbonyl (C=O) groups is 1. The summed E-state index contributed by atoms with van der Waals surface area (Å²) >= 11 is 4.85. The molecule has 0 atom stereocenters. The number of nitrogens with one attached hydrogen (secondary N) is 1. The largest absolute Gasteiger partial charge is 0.355 e. The molecule has 3 nitrogen and oxygen atoms in total. The number of rotatable bonds is 8. The van der Waals surface area contributed by atoms with E-state index < -0.39 is 0 Å². The molecule has 0 unspecified atom stereocenters. The van der Waals surface area contributed by atoms with Gasteiger partial charge >= 0.3 is 0 Å². The first kappa shape index (κ1) is 18.1. The first-order chi connectivity index (χ1) is 12.2. The Labute approximate surface area is 158 Å². The zero-order valence-electron chi connectivity index (χ0n) is 13.4. The molecule has 25 heavy (non-hydrogen) atoms. The SMILES string of the molecule is O=C(CSCc1csc(-c2ccsc2)n1)NCCc1ccc(F)cc1. The number of hydrogen-bond acceptors (Lipinski definition) is 5. The van der Waals surface area contributed by atoms with Gasteiger partial charge in [-0.3, -0.25) is 4.79 Å². The van der Waals surface area contributed by atoms with Crippen LogP contribution in [0.1, 0.15) is 11.3 Å². The van der Waals surface area contributed by atoms with Crippen LogP contribution in [0.5, 0.6) is 0 Å². The van der Waals surface area contributed by atoms with Gasteiger partial charge < -0.3 is 5.32 Å². The fraction of sp³-hybridized carbons (Fsp3) is 0.222. The summed E-state index contributed by atoms with van der Waals surface area (Å²) < 4.78 is 12.8. The van der Waals surface area contributed by atoms with Crippen LogP contribution in [0.25, 0.3) is 10.6 Å². The van der Waals surface area contributed by atoms with E-state index in [1.165, 1.54) is 12.1 Å². The molecule has 2 aromatic heterocycles. The molecule has 0 saturated carbocycles. The van der Waals surface area contributed by atoms with Crippen molar-refractivity contribution in [2.45, 2.75) is 12.2 Å². The van der Waals surface area contributed by atoms with Gasteiger partial charge in [-0.15, -0.1) is 23.1 Å². The van der Waals surface area contributed by atoms with Gasteiger partial charge in [-0.05, 0) is 35.6 Å². The van der Waals surface area contributed by atoms with Crippen molar-refractivity contribution in [1.29, 1.82) is 0 Å². The lowest BCUT2D eigenvalue weighted by Gasteiger charge is -2.05. The van der Waals surface area contributed by atoms with Gasteiger partial charge in [-0.25, -0.2) is 9.37 Å². The van der Waals surface area contributed by atoms with Crippen LogP contribution >= 0.6 is 34.4 Å². The minimum atomic E-state index is -0.242. The highest BCUT2D eigenvalue weighted by Gasteiger charge is 2.07.